The summed E-state index contributed by atoms with van der Waals surface area (Å²) in [6.07, 6.45) is -4.18. The lowest BCUT2D eigenvalue weighted by Gasteiger charge is -2.23. The Kier molecular flexibility index (Phi) is 6.83. The van der Waals surface area contributed by atoms with Gasteiger partial charge in [0.15, 0.2) is 10.8 Å². The molecule has 0 radical (unpaired) electrons. The third kappa shape index (κ3) is 6.72. The van der Waals surface area contributed by atoms with Crippen LogP contribution in [0.1, 0.15) is 23.8 Å². The van der Waals surface area contributed by atoms with Crippen molar-refractivity contribution in [2.75, 3.05) is 26.3 Å². The zero-order valence-corrected chi connectivity index (χ0v) is 12.1. The van der Waals surface area contributed by atoms with Crippen LogP contribution in [0.4, 0.5) is 13.2 Å². The molecular weight excluding hydrogens is 311 g/mol. The van der Waals surface area contributed by atoms with Crippen molar-refractivity contribution in [1.82, 2.24) is 15.1 Å². The van der Waals surface area contributed by atoms with E-state index in [0.29, 0.717) is 17.9 Å². The van der Waals surface area contributed by atoms with Crippen molar-refractivity contribution in [2.45, 2.75) is 19.5 Å². The van der Waals surface area contributed by atoms with Crippen LogP contribution in [0.25, 0.3) is 0 Å². The molecule has 0 saturated carbocycles. The molecule has 1 aromatic rings. The van der Waals surface area contributed by atoms with Gasteiger partial charge in [-0.25, -0.2) is 0 Å². The van der Waals surface area contributed by atoms with E-state index in [4.69, 9.17) is 16.3 Å². The van der Waals surface area contributed by atoms with Crippen LogP contribution in [0.5, 0.6) is 0 Å². The SMILES string of the molecule is CCOCCCN(CC(F)(F)F)C(=O)c1ccc(Cl)nn1. The summed E-state index contributed by atoms with van der Waals surface area (Å²) in [5.74, 6) is -0.840. The summed E-state index contributed by atoms with van der Waals surface area (Å²) in [6, 6.07) is 2.54. The van der Waals surface area contributed by atoms with Crippen LogP contribution in [-0.4, -0.2) is 53.5 Å². The quantitative estimate of drug-likeness (QED) is 0.723. The molecule has 0 N–H and O–H groups in total. The predicted octanol–water partition coefficient (Wildman–Crippen LogP) is 2.56. The fourth-order valence-electron chi connectivity index (χ4n) is 1.56. The third-order valence-electron chi connectivity index (χ3n) is 2.43. The number of carbonyl (C=O) groups excluding carboxylic acids is 1. The first-order valence-corrected chi connectivity index (χ1v) is 6.64. The molecule has 118 valence electrons. The lowest BCUT2D eigenvalue weighted by molar-refractivity contribution is -0.141. The zero-order valence-electron chi connectivity index (χ0n) is 11.4. The Morgan fingerprint density at radius 3 is 2.62 bits per heavy atom. The summed E-state index contributed by atoms with van der Waals surface area (Å²) < 4.78 is 42.7. The van der Waals surface area contributed by atoms with E-state index in [0.717, 1.165) is 0 Å². The average molecular weight is 326 g/mol. The van der Waals surface area contributed by atoms with Crippen molar-refractivity contribution in [3.63, 3.8) is 0 Å². The number of halogens is 4. The highest BCUT2D eigenvalue weighted by atomic mass is 35.5. The van der Waals surface area contributed by atoms with Crippen molar-refractivity contribution in [2.24, 2.45) is 0 Å². The van der Waals surface area contributed by atoms with Crippen LogP contribution in [0.3, 0.4) is 0 Å². The number of aromatic nitrogens is 2. The van der Waals surface area contributed by atoms with Gasteiger partial charge >= 0.3 is 6.18 Å². The molecule has 1 amide bonds. The Labute approximate surface area is 125 Å². The molecule has 0 aliphatic rings. The standard InChI is InChI=1S/C12H15ClF3N3O2/c1-2-21-7-3-6-19(8-12(14,15)16)11(20)9-4-5-10(13)18-17-9/h4-5H,2-3,6-8H2,1H3. The normalized spacial score (nSPS) is 11.5. The molecule has 5 nitrogen and oxygen atoms in total. The minimum atomic E-state index is -4.48. The summed E-state index contributed by atoms with van der Waals surface area (Å²) in [5.41, 5.74) is -0.181. The van der Waals surface area contributed by atoms with Gasteiger partial charge in [0, 0.05) is 19.8 Å². The lowest BCUT2D eigenvalue weighted by atomic mass is 10.3. The van der Waals surface area contributed by atoms with Gasteiger partial charge in [0.2, 0.25) is 0 Å². The molecule has 0 spiro atoms. The van der Waals surface area contributed by atoms with E-state index in [2.05, 4.69) is 10.2 Å². The summed E-state index contributed by atoms with van der Waals surface area (Å²) in [7, 11) is 0. The van der Waals surface area contributed by atoms with Crippen LogP contribution in [0, 0.1) is 0 Å². The van der Waals surface area contributed by atoms with Crippen LogP contribution in [0.15, 0.2) is 12.1 Å². The molecule has 1 aromatic heterocycles. The first-order valence-electron chi connectivity index (χ1n) is 6.26. The first-order chi connectivity index (χ1) is 9.83. The molecule has 0 aliphatic heterocycles. The number of carbonyl (C=O) groups is 1. The molecule has 1 rings (SSSR count). The molecule has 0 aromatic carbocycles. The van der Waals surface area contributed by atoms with Gasteiger partial charge in [-0.1, -0.05) is 11.6 Å². The number of rotatable bonds is 7. The van der Waals surface area contributed by atoms with E-state index in [1.165, 1.54) is 12.1 Å². The summed E-state index contributed by atoms with van der Waals surface area (Å²) in [6.45, 7) is 1.10. The second kappa shape index (κ2) is 8.14. The van der Waals surface area contributed by atoms with Crippen molar-refractivity contribution in [3.8, 4) is 0 Å². The second-order valence-electron chi connectivity index (χ2n) is 4.13. The minimum Gasteiger partial charge on any atom is -0.382 e. The predicted molar refractivity (Wildman–Crippen MR) is 70.1 cm³/mol. The van der Waals surface area contributed by atoms with E-state index in [1.807, 2.05) is 0 Å². The summed E-state index contributed by atoms with van der Waals surface area (Å²) >= 11 is 5.53. The average Bonchev–Trinajstić information content (AvgIpc) is 2.41. The van der Waals surface area contributed by atoms with Gasteiger partial charge in [-0.15, -0.1) is 10.2 Å². The van der Waals surface area contributed by atoms with E-state index in [1.54, 1.807) is 6.92 Å². The maximum absolute atomic E-state index is 12.5. The zero-order chi connectivity index (χ0) is 15.9. The highest BCUT2D eigenvalue weighted by molar-refractivity contribution is 6.29. The molecule has 0 fully saturated rings. The Morgan fingerprint density at radius 1 is 1.38 bits per heavy atom. The number of amides is 1. The molecule has 0 unspecified atom stereocenters. The Bertz CT molecular complexity index is 454. The minimum absolute atomic E-state index is 0.0604. The topological polar surface area (TPSA) is 55.3 Å². The van der Waals surface area contributed by atoms with E-state index >= 15 is 0 Å². The maximum atomic E-state index is 12.5. The van der Waals surface area contributed by atoms with Crippen molar-refractivity contribution < 1.29 is 22.7 Å². The highest BCUT2D eigenvalue weighted by Crippen LogP contribution is 2.18. The monoisotopic (exact) mass is 325 g/mol. The molecule has 9 heteroatoms. The Morgan fingerprint density at radius 2 is 2.10 bits per heavy atom. The van der Waals surface area contributed by atoms with Crippen LogP contribution in [-0.2, 0) is 4.74 Å². The smallest absolute Gasteiger partial charge is 0.382 e. The molecular formula is C12H15ClF3N3O2. The van der Waals surface area contributed by atoms with Gasteiger partial charge in [0.1, 0.15) is 6.54 Å². The molecule has 0 aliphatic carbocycles. The van der Waals surface area contributed by atoms with Crippen LogP contribution in [0.2, 0.25) is 5.15 Å². The van der Waals surface area contributed by atoms with Gasteiger partial charge in [0.25, 0.3) is 5.91 Å². The Hall–Kier alpha value is -1.41. The highest BCUT2D eigenvalue weighted by Gasteiger charge is 2.33. The van der Waals surface area contributed by atoms with Gasteiger partial charge in [0.05, 0.1) is 0 Å². The third-order valence-corrected chi connectivity index (χ3v) is 2.63. The van der Waals surface area contributed by atoms with Crippen molar-refractivity contribution >= 4 is 17.5 Å². The number of hydrogen-bond donors (Lipinski definition) is 0. The second-order valence-corrected chi connectivity index (χ2v) is 4.52. The van der Waals surface area contributed by atoms with Crippen LogP contribution < -0.4 is 0 Å². The van der Waals surface area contributed by atoms with Gasteiger partial charge in [-0.3, -0.25) is 4.79 Å². The first kappa shape index (κ1) is 17.6. The largest absolute Gasteiger partial charge is 0.406 e. The molecule has 21 heavy (non-hydrogen) atoms. The van der Waals surface area contributed by atoms with Gasteiger partial charge in [-0.05, 0) is 25.5 Å². The van der Waals surface area contributed by atoms with Crippen molar-refractivity contribution in [3.05, 3.63) is 23.0 Å². The van der Waals surface area contributed by atoms with Crippen molar-refractivity contribution in [1.29, 1.82) is 0 Å². The number of ether oxygens (including phenoxy) is 1. The Balaban J connectivity index is 2.74. The molecule has 0 saturated heterocycles. The summed E-state index contributed by atoms with van der Waals surface area (Å²) in [5, 5.41) is 7.01. The lowest BCUT2D eigenvalue weighted by Crippen LogP contribution is -2.40. The van der Waals surface area contributed by atoms with E-state index in [9.17, 15) is 18.0 Å². The maximum Gasteiger partial charge on any atom is 0.406 e. The molecule has 1 heterocycles. The van der Waals surface area contributed by atoms with Gasteiger partial charge < -0.3 is 9.64 Å². The number of nitrogens with zero attached hydrogens (tertiary/aromatic N) is 3. The number of hydrogen-bond acceptors (Lipinski definition) is 4. The van der Waals surface area contributed by atoms with Crippen LogP contribution >= 0.6 is 11.6 Å². The van der Waals surface area contributed by atoms with E-state index < -0.39 is 18.6 Å². The summed E-state index contributed by atoms with van der Waals surface area (Å²) in [4.78, 5) is 12.7. The molecule has 0 atom stereocenters. The fourth-order valence-corrected chi connectivity index (χ4v) is 1.66. The molecule has 0 bridgehead atoms. The van der Waals surface area contributed by atoms with Gasteiger partial charge in [-0.2, -0.15) is 13.2 Å². The fraction of sp³-hybridized carbons (Fsp3) is 0.583. The number of alkyl halides is 3. The van der Waals surface area contributed by atoms with E-state index in [-0.39, 0.29) is 24.0 Å².